The SMILES string of the molecule is NC(Cc1ccccc1)C(O)c1cncs1. The average Bonchev–Trinajstić information content (AvgIpc) is 2.83. The Labute approximate surface area is 98.6 Å². The van der Waals surface area contributed by atoms with Crippen LogP contribution in [-0.4, -0.2) is 16.1 Å². The fourth-order valence-electron chi connectivity index (χ4n) is 1.58. The number of hydrogen-bond donors (Lipinski definition) is 2. The summed E-state index contributed by atoms with van der Waals surface area (Å²) in [5.41, 5.74) is 8.81. The Balaban J connectivity index is 2.01. The lowest BCUT2D eigenvalue weighted by Gasteiger charge is -2.17. The summed E-state index contributed by atoms with van der Waals surface area (Å²) in [5, 5.41) is 9.98. The van der Waals surface area contributed by atoms with Crippen LogP contribution in [0.2, 0.25) is 0 Å². The van der Waals surface area contributed by atoms with E-state index in [9.17, 15) is 5.11 Å². The maximum absolute atomic E-state index is 9.98. The molecule has 0 spiro atoms. The van der Waals surface area contributed by atoms with Gasteiger partial charge >= 0.3 is 0 Å². The molecule has 2 atom stereocenters. The smallest absolute Gasteiger partial charge is 0.105 e. The lowest BCUT2D eigenvalue weighted by atomic mass is 10.0. The second-order valence-corrected chi connectivity index (χ2v) is 4.62. The zero-order chi connectivity index (χ0) is 11.4. The summed E-state index contributed by atoms with van der Waals surface area (Å²) in [5.74, 6) is 0. The van der Waals surface area contributed by atoms with Crippen LogP contribution in [0.3, 0.4) is 0 Å². The van der Waals surface area contributed by atoms with Crippen LogP contribution in [0.5, 0.6) is 0 Å². The second-order valence-electron chi connectivity index (χ2n) is 3.70. The lowest BCUT2D eigenvalue weighted by Crippen LogP contribution is -2.30. The largest absolute Gasteiger partial charge is 0.386 e. The van der Waals surface area contributed by atoms with Crippen molar-refractivity contribution in [3.63, 3.8) is 0 Å². The molecule has 16 heavy (non-hydrogen) atoms. The maximum atomic E-state index is 9.98. The van der Waals surface area contributed by atoms with Gasteiger partial charge in [0.25, 0.3) is 0 Å². The monoisotopic (exact) mass is 234 g/mol. The van der Waals surface area contributed by atoms with Gasteiger partial charge in [0.1, 0.15) is 6.10 Å². The summed E-state index contributed by atoms with van der Waals surface area (Å²) in [6.45, 7) is 0. The number of nitrogens with two attached hydrogens (primary N) is 1. The highest BCUT2D eigenvalue weighted by atomic mass is 32.1. The van der Waals surface area contributed by atoms with Crippen LogP contribution < -0.4 is 5.73 Å². The minimum Gasteiger partial charge on any atom is -0.386 e. The third kappa shape index (κ3) is 2.66. The molecule has 0 amide bonds. The Morgan fingerprint density at radius 3 is 2.69 bits per heavy atom. The van der Waals surface area contributed by atoms with Crippen molar-refractivity contribution in [1.29, 1.82) is 0 Å². The first kappa shape index (κ1) is 11.3. The molecule has 0 saturated carbocycles. The first-order valence-corrected chi connectivity index (χ1v) is 6.01. The maximum Gasteiger partial charge on any atom is 0.105 e. The minimum atomic E-state index is -0.632. The number of thiazole rings is 1. The Morgan fingerprint density at radius 2 is 2.06 bits per heavy atom. The molecule has 0 bridgehead atoms. The third-order valence-electron chi connectivity index (χ3n) is 2.46. The van der Waals surface area contributed by atoms with Crippen molar-refractivity contribution in [2.45, 2.75) is 18.6 Å². The normalized spacial score (nSPS) is 14.6. The molecule has 0 fully saturated rings. The Kier molecular flexibility index (Phi) is 3.66. The molecule has 0 saturated heterocycles. The van der Waals surface area contributed by atoms with Gasteiger partial charge in [0, 0.05) is 12.2 Å². The van der Waals surface area contributed by atoms with E-state index in [-0.39, 0.29) is 6.04 Å². The molecule has 0 radical (unpaired) electrons. The Hall–Kier alpha value is -1.23. The van der Waals surface area contributed by atoms with Crippen LogP contribution in [0.4, 0.5) is 0 Å². The Bertz CT molecular complexity index is 416. The van der Waals surface area contributed by atoms with Gasteiger partial charge in [-0.1, -0.05) is 30.3 Å². The summed E-state index contributed by atoms with van der Waals surface area (Å²) in [4.78, 5) is 4.76. The van der Waals surface area contributed by atoms with Gasteiger partial charge in [-0.3, -0.25) is 4.98 Å². The molecule has 84 valence electrons. The summed E-state index contributed by atoms with van der Waals surface area (Å²) in [6.07, 6.45) is 1.70. The number of rotatable bonds is 4. The molecule has 3 N–H and O–H groups in total. The molecule has 1 heterocycles. The van der Waals surface area contributed by atoms with Crippen LogP contribution in [0.15, 0.2) is 42.0 Å². The quantitative estimate of drug-likeness (QED) is 0.847. The molecule has 3 nitrogen and oxygen atoms in total. The highest BCUT2D eigenvalue weighted by Crippen LogP contribution is 2.21. The van der Waals surface area contributed by atoms with Gasteiger partial charge in [0.2, 0.25) is 0 Å². The molecule has 4 heteroatoms. The summed E-state index contributed by atoms with van der Waals surface area (Å²) < 4.78 is 0. The van der Waals surface area contributed by atoms with E-state index in [0.717, 1.165) is 10.4 Å². The van der Waals surface area contributed by atoms with Crippen molar-refractivity contribution in [3.05, 3.63) is 52.5 Å². The molecule has 1 aromatic carbocycles. The van der Waals surface area contributed by atoms with Gasteiger partial charge in [-0.15, -0.1) is 11.3 Å². The van der Waals surface area contributed by atoms with Crippen LogP contribution in [0.25, 0.3) is 0 Å². The molecule has 1 aromatic heterocycles. The number of benzene rings is 1. The predicted molar refractivity (Wildman–Crippen MR) is 65.2 cm³/mol. The van der Waals surface area contributed by atoms with Crippen molar-refractivity contribution in [3.8, 4) is 0 Å². The first-order chi connectivity index (χ1) is 7.77. The zero-order valence-electron chi connectivity index (χ0n) is 8.78. The number of nitrogens with zero attached hydrogens (tertiary/aromatic N) is 1. The van der Waals surface area contributed by atoms with Gasteiger partial charge in [-0.25, -0.2) is 0 Å². The molecule has 2 unspecified atom stereocenters. The van der Waals surface area contributed by atoms with Crippen molar-refractivity contribution < 1.29 is 5.11 Å². The van der Waals surface area contributed by atoms with Crippen molar-refractivity contribution in [2.75, 3.05) is 0 Å². The van der Waals surface area contributed by atoms with E-state index in [1.807, 2.05) is 30.3 Å². The van der Waals surface area contributed by atoms with Gasteiger partial charge in [-0.05, 0) is 12.0 Å². The number of aromatic nitrogens is 1. The van der Waals surface area contributed by atoms with Crippen molar-refractivity contribution in [2.24, 2.45) is 5.73 Å². The van der Waals surface area contributed by atoms with Gasteiger partial charge in [0.05, 0.1) is 10.4 Å². The zero-order valence-corrected chi connectivity index (χ0v) is 9.60. The van der Waals surface area contributed by atoms with E-state index in [4.69, 9.17) is 5.73 Å². The molecule has 2 rings (SSSR count). The lowest BCUT2D eigenvalue weighted by molar-refractivity contribution is 0.149. The number of hydrogen-bond acceptors (Lipinski definition) is 4. The van der Waals surface area contributed by atoms with E-state index >= 15 is 0 Å². The van der Waals surface area contributed by atoms with Gasteiger partial charge < -0.3 is 10.8 Å². The number of aliphatic hydroxyl groups is 1. The summed E-state index contributed by atoms with van der Waals surface area (Å²) >= 11 is 1.43. The van der Waals surface area contributed by atoms with E-state index < -0.39 is 6.10 Å². The third-order valence-corrected chi connectivity index (χ3v) is 3.31. The van der Waals surface area contributed by atoms with E-state index in [1.54, 1.807) is 11.7 Å². The molecular formula is C12H14N2OS. The summed E-state index contributed by atoms with van der Waals surface area (Å²) in [7, 11) is 0. The minimum absolute atomic E-state index is 0.289. The van der Waals surface area contributed by atoms with Crippen LogP contribution in [-0.2, 0) is 6.42 Å². The van der Waals surface area contributed by atoms with E-state index in [2.05, 4.69) is 4.98 Å². The topological polar surface area (TPSA) is 59.1 Å². The van der Waals surface area contributed by atoms with Gasteiger partial charge in [-0.2, -0.15) is 0 Å². The Morgan fingerprint density at radius 1 is 1.31 bits per heavy atom. The number of aliphatic hydroxyl groups excluding tert-OH is 1. The standard InChI is InChI=1S/C12H14N2OS/c13-10(6-9-4-2-1-3-5-9)12(15)11-7-14-8-16-11/h1-5,7-8,10,12,15H,6,13H2. The fourth-order valence-corrected chi connectivity index (χ4v) is 2.26. The van der Waals surface area contributed by atoms with Crippen LogP contribution >= 0.6 is 11.3 Å². The van der Waals surface area contributed by atoms with E-state index in [0.29, 0.717) is 6.42 Å². The van der Waals surface area contributed by atoms with Crippen LogP contribution in [0.1, 0.15) is 16.5 Å². The highest BCUT2D eigenvalue weighted by Gasteiger charge is 2.18. The fraction of sp³-hybridized carbons (Fsp3) is 0.250. The molecule has 2 aromatic rings. The molecule has 0 aliphatic carbocycles. The van der Waals surface area contributed by atoms with Crippen molar-refractivity contribution >= 4 is 11.3 Å². The highest BCUT2D eigenvalue weighted by molar-refractivity contribution is 7.09. The summed E-state index contributed by atoms with van der Waals surface area (Å²) in [6, 6.07) is 9.65. The molecular weight excluding hydrogens is 220 g/mol. The molecule has 0 aliphatic heterocycles. The molecule has 0 aliphatic rings. The van der Waals surface area contributed by atoms with Gasteiger partial charge in [0.15, 0.2) is 0 Å². The first-order valence-electron chi connectivity index (χ1n) is 5.13. The second kappa shape index (κ2) is 5.21. The van der Waals surface area contributed by atoms with Crippen LogP contribution in [0, 0.1) is 0 Å². The van der Waals surface area contributed by atoms with Crippen molar-refractivity contribution in [1.82, 2.24) is 4.98 Å². The van der Waals surface area contributed by atoms with E-state index in [1.165, 1.54) is 11.3 Å². The average molecular weight is 234 g/mol. The predicted octanol–water partition coefficient (Wildman–Crippen LogP) is 1.75.